The fraction of sp³-hybridized carbons (Fsp3) is 0.500. The molecule has 1 heterocycles. The number of carboxylic acid groups (broad SMARTS) is 1. The molecule has 2 atom stereocenters. The normalized spacial score (nSPS) is 24.5. The van der Waals surface area contributed by atoms with Crippen molar-refractivity contribution >= 4 is 11.9 Å². The topological polar surface area (TPSA) is 76.1 Å². The van der Waals surface area contributed by atoms with Crippen LogP contribution < -0.4 is 9.47 Å². The summed E-state index contributed by atoms with van der Waals surface area (Å²) in [5.41, 5.74) is 0.780. The molecular formula is C16H19NO5. The van der Waals surface area contributed by atoms with Gasteiger partial charge in [0, 0.05) is 12.5 Å². The number of amides is 1. The number of hydrogen-bond donors (Lipinski definition) is 1. The second kappa shape index (κ2) is 5.51. The lowest BCUT2D eigenvalue weighted by molar-refractivity contribution is -0.142. The molecule has 0 radical (unpaired) electrons. The summed E-state index contributed by atoms with van der Waals surface area (Å²) < 4.78 is 10.5. The molecule has 1 aliphatic heterocycles. The highest BCUT2D eigenvalue weighted by molar-refractivity contribution is 5.88. The van der Waals surface area contributed by atoms with Gasteiger partial charge in [0.05, 0.1) is 26.2 Å². The Morgan fingerprint density at radius 3 is 2.45 bits per heavy atom. The Hall–Kier alpha value is -2.24. The van der Waals surface area contributed by atoms with Crippen LogP contribution in [0.4, 0.5) is 0 Å². The maximum atomic E-state index is 12.2. The number of benzene rings is 1. The van der Waals surface area contributed by atoms with Gasteiger partial charge in [0.15, 0.2) is 11.5 Å². The highest BCUT2D eigenvalue weighted by Crippen LogP contribution is 2.46. The molecule has 0 spiro atoms. The first kappa shape index (κ1) is 14.7. The number of likely N-dealkylation sites (tertiary alicyclic amines) is 1. The van der Waals surface area contributed by atoms with Crippen molar-refractivity contribution in [3.05, 3.63) is 23.8 Å². The van der Waals surface area contributed by atoms with Crippen molar-refractivity contribution in [2.45, 2.75) is 31.3 Å². The van der Waals surface area contributed by atoms with Crippen molar-refractivity contribution in [2.75, 3.05) is 14.2 Å². The Bertz CT molecular complexity index is 611. The molecule has 1 aliphatic carbocycles. The average molecular weight is 305 g/mol. The van der Waals surface area contributed by atoms with Crippen molar-refractivity contribution in [2.24, 2.45) is 5.92 Å². The number of rotatable bonds is 5. The minimum Gasteiger partial charge on any atom is -0.493 e. The summed E-state index contributed by atoms with van der Waals surface area (Å²) in [6.45, 7) is 0. The van der Waals surface area contributed by atoms with Crippen LogP contribution in [0.3, 0.4) is 0 Å². The van der Waals surface area contributed by atoms with Crippen LogP contribution in [0.5, 0.6) is 11.5 Å². The van der Waals surface area contributed by atoms with Gasteiger partial charge in [-0.2, -0.15) is 0 Å². The first-order chi connectivity index (χ1) is 10.6. The Balaban J connectivity index is 2.01. The molecule has 0 aromatic heterocycles. The molecule has 118 valence electrons. The number of carbonyl (C=O) groups excluding carboxylic acids is 1. The van der Waals surface area contributed by atoms with Gasteiger partial charge in [0.25, 0.3) is 0 Å². The molecule has 1 aromatic carbocycles. The van der Waals surface area contributed by atoms with E-state index in [1.54, 1.807) is 24.1 Å². The third-order valence-electron chi connectivity index (χ3n) is 4.37. The zero-order valence-electron chi connectivity index (χ0n) is 12.6. The summed E-state index contributed by atoms with van der Waals surface area (Å²) in [5.74, 6) is -0.600. The lowest BCUT2D eigenvalue weighted by Gasteiger charge is -2.27. The number of hydrogen-bond acceptors (Lipinski definition) is 4. The molecule has 3 rings (SSSR count). The Morgan fingerprint density at radius 2 is 1.91 bits per heavy atom. The minimum absolute atomic E-state index is 0.0604. The van der Waals surface area contributed by atoms with E-state index in [1.165, 1.54) is 7.11 Å². The van der Waals surface area contributed by atoms with Crippen LogP contribution in [0.15, 0.2) is 18.2 Å². The van der Waals surface area contributed by atoms with Crippen LogP contribution in [-0.2, 0) is 9.59 Å². The van der Waals surface area contributed by atoms with E-state index in [1.807, 2.05) is 6.07 Å². The van der Waals surface area contributed by atoms with Crippen molar-refractivity contribution in [1.29, 1.82) is 0 Å². The smallest absolute Gasteiger partial charge is 0.309 e. The monoisotopic (exact) mass is 305 g/mol. The van der Waals surface area contributed by atoms with Crippen LogP contribution in [0.2, 0.25) is 0 Å². The standard InChI is InChI=1S/C16H19NO5/c1-21-12-6-3-9(7-13(12)22-2)15-11(16(19)20)8-14(18)17(15)10-4-5-10/h3,6-7,10-11,15H,4-5,8H2,1-2H3,(H,19,20)/t11-,15+/m0/s1. The van der Waals surface area contributed by atoms with Gasteiger partial charge in [-0.1, -0.05) is 6.07 Å². The van der Waals surface area contributed by atoms with Crippen molar-refractivity contribution < 1.29 is 24.2 Å². The molecule has 1 aromatic rings. The van der Waals surface area contributed by atoms with E-state index in [9.17, 15) is 14.7 Å². The predicted molar refractivity (Wildman–Crippen MR) is 77.9 cm³/mol. The highest BCUT2D eigenvalue weighted by atomic mass is 16.5. The second-order valence-corrected chi connectivity index (χ2v) is 5.74. The predicted octanol–water partition coefficient (Wildman–Crippen LogP) is 1.84. The maximum absolute atomic E-state index is 12.2. The molecule has 1 amide bonds. The van der Waals surface area contributed by atoms with E-state index in [0.29, 0.717) is 11.5 Å². The van der Waals surface area contributed by atoms with Crippen LogP contribution in [-0.4, -0.2) is 42.1 Å². The fourth-order valence-electron chi connectivity index (χ4n) is 3.19. The molecular weight excluding hydrogens is 286 g/mol. The van der Waals surface area contributed by atoms with Gasteiger partial charge in [-0.05, 0) is 30.5 Å². The first-order valence-corrected chi connectivity index (χ1v) is 7.32. The number of carbonyl (C=O) groups is 2. The quantitative estimate of drug-likeness (QED) is 0.898. The summed E-state index contributed by atoms with van der Waals surface area (Å²) >= 11 is 0. The maximum Gasteiger partial charge on any atom is 0.309 e. The Labute approximate surface area is 128 Å². The average Bonchev–Trinajstić information content (AvgIpc) is 3.28. The van der Waals surface area contributed by atoms with Crippen molar-refractivity contribution in [1.82, 2.24) is 4.90 Å². The number of nitrogens with zero attached hydrogens (tertiary/aromatic N) is 1. The zero-order chi connectivity index (χ0) is 15.9. The van der Waals surface area contributed by atoms with E-state index in [2.05, 4.69) is 0 Å². The number of aliphatic carboxylic acids is 1. The van der Waals surface area contributed by atoms with Crippen LogP contribution in [0.25, 0.3) is 0 Å². The fourth-order valence-corrected chi connectivity index (χ4v) is 3.19. The van der Waals surface area contributed by atoms with Gasteiger partial charge in [-0.3, -0.25) is 9.59 Å². The van der Waals surface area contributed by atoms with Crippen LogP contribution in [0.1, 0.15) is 30.9 Å². The van der Waals surface area contributed by atoms with E-state index in [0.717, 1.165) is 18.4 Å². The zero-order valence-corrected chi connectivity index (χ0v) is 12.6. The molecule has 22 heavy (non-hydrogen) atoms. The summed E-state index contributed by atoms with van der Waals surface area (Å²) in [7, 11) is 3.09. The SMILES string of the molecule is COc1ccc([C@@H]2[C@@H](C(=O)O)CC(=O)N2C2CC2)cc1OC. The molecule has 1 N–H and O–H groups in total. The van der Waals surface area contributed by atoms with Gasteiger partial charge >= 0.3 is 5.97 Å². The molecule has 2 aliphatic rings. The molecule has 2 fully saturated rings. The van der Waals surface area contributed by atoms with Crippen LogP contribution in [0, 0.1) is 5.92 Å². The minimum atomic E-state index is -0.934. The van der Waals surface area contributed by atoms with E-state index in [-0.39, 0.29) is 18.4 Å². The highest BCUT2D eigenvalue weighted by Gasteiger charge is 2.50. The van der Waals surface area contributed by atoms with E-state index >= 15 is 0 Å². The second-order valence-electron chi connectivity index (χ2n) is 5.74. The molecule has 6 nitrogen and oxygen atoms in total. The largest absolute Gasteiger partial charge is 0.493 e. The molecule has 6 heteroatoms. The first-order valence-electron chi connectivity index (χ1n) is 7.32. The summed E-state index contributed by atoms with van der Waals surface area (Å²) in [4.78, 5) is 25.6. The lowest BCUT2D eigenvalue weighted by Crippen LogP contribution is -2.32. The van der Waals surface area contributed by atoms with Gasteiger partial charge in [-0.25, -0.2) is 0 Å². The van der Waals surface area contributed by atoms with Gasteiger partial charge < -0.3 is 19.5 Å². The summed E-state index contributed by atoms with van der Waals surface area (Å²) in [5, 5.41) is 9.48. The van der Waals surface area contributed by atoms with Crippen LogP contribution >= 0.6 is 0 Å². The third kappa shape index (κ3) is 2.38. The molecule has 1 saturated carbocycles. The number of carboxylic acids is 1. The molecule has 0 unspecified atom stereocenters. The number of ether oxygens (including phenoxy) is 2. The van der Waals surface area contributed by atoms with Gasteiger partial charge in [0.1, 0.15) is 0 Å². The lowest BCUT2D eigenvalue weighted by atomic mass is 9.93. The van der Waals surface area contributed by atoms with E-state index in [4.69, 9.17) is 9.47 Å². The summed E-state index contributed by atoms with van der Waals surface area (Å²) in [6, 6.07) is 5.08. The number of methoxy groups -OCH3 is 2. The molecule has 1 saturated heterocycles. The Kier molecular flexibility index (Phi) is 3.68. The Morgan fingerprint density at radius 1 is 1.23 bits per heavy atom. The van der Waals surface area contributed by atoms with Gasteiger partial charge in [0.2, 0.25) is 5.91 Å². The third-order valence-corrected chi connectivity index (χ3v) is 4.37. The van der Waals surface area contributed by atoms with E-state index < -0.39 is 17.9 Å². The molecule has 0 bridgehead atoms. The van der Waals surface area contributed by atoms with Crippen molar-refractivity contribution in [3.63, 3.8) is 0 Å². The van der Waals surface area contributed by atoms with Gasteiger partial charge in [-0.15, -0.1) is 0 Å². The van der Waals surface area contributed by atoms with Crippen molar-refractivity contribution in [3.8, 4) is 11.5 Å². The summed E-state index contributed by atoms with van der Waals surface area (Å²) in [6.07, 6.45) is 1.95.